The van der Waals surface area contributed by atoms with Gasteiger partial charge in [0.2, 0.25) is 0 Å². The first-order valence-corrected chi connectivity index (χ1v) is 7.36. The van der Waals surface area contributed by atoms with Crippen molar-refractivity contribution in [2.45, 2.75) is 52.4 Å². The standard InChI is InChI=1S/C17H25NO/c1-5-17(3,4)15-9-8-14(12-13(15)2)16(19)18-10-6-7-11-18/h8-9,12H,5-7,10-11H2,1-4H3. The Balaban J connectivity index is 2.26. The number of aryl methyl sites for hydroxylation is 1. The summed E-state index contributed by atoms with van der Waals surface area (Å²) in [5.74, 6) is 0.196. The molecule has 0 unspecified atom stereocenters. The van der Waals surface area contributed by atoms with Gasteiger partial charge >= 0.3 is 0 Å². The number of hydrogen-bond donors (Lipinski definition) is 0. The highest BCUT2D eigenvalue weighted by Crippen LogP contribution is 2.30. The third-order valence-corrected chi connectivity index (χ3v) is 4.48. The Bertz CT molecular complexity index is 470. The van der Waals surface area contributed by atoms with Crippen LogP contribution in [0.5, 0.6) is 0 Å². The number of benzene rings is 1. The molecular formula is C17H25NO. The minimum Gasteiger partial charge on any atom is -0.339 e. The monoisotopic (exact) mass is 259 g/mol. The second kappa shape index (κ2) is 5.36. The molecule has 1 aliphatic heterocycles. The molecule has 1 aromatic carbocycles. The van der Waals surface area contributed by atoms with Crippen molar-refractivity contribution in [2.24, 2.45) is 0 Å². The van der Waals surface area contributed by atoms with Gasteiger partial charge in [-0.15, -0.1) is 0 Å². The number of likely N-dealkylation sites (tertiary alicyclic amines) is 1. The second-order valence-corrected chi connectivity index (χ2v) is 6.27. The van der Waals surface area contributed by atoms with Crippen molar-refractivity contribution < 1.29 is 4.79 Å². The molecule has 0 N–H and O–H groups in total. The molecule has 19 heavy (non-hydrogen) atoms. The summed E-state index contributed by atoms with van der Waals surface area (Å²) in [6, 6.07) is 6.20. The molecule has 2 heteroatoms. The summed E-state index contributed by atoms with van der Waals surface area (Å²) in [5, 5.41) is 0. The van der Waals surface area contributed by atoms with Crippen LogP contribution < -0.4 is 0 Å². The normalized spacial score (nSPS) is 15.9. The van der Waals surface area contributed by atoms with E-state index in [2.05, 4.69) is 39.8 Å². The summed E-state index contributed by atoms with van der Waals surface area (Å²) in [4.78, 5) is 14.3. The number of carbonyl (C=O) groups is 1. The van der Waals surface area contributed by atoms with Gasteiger partial charge in [-0.25, -0.2) is 0 Å². The van der Waals surface area contributed by atoms with E-state index in [0.29, 0.717) is 0 Å². The number of amides is 1. The van der Waals surface area contributed by atoms with Crippen LogP contribution in [-0.2, 0) is 5.41 Å². The molecule has 0 atom stereocenters. The molecular weight excluding hydrogens is 234 g/mol. The van der Waals surface area contributed by atoms with E-state index < -0.39 is 0 Å². The Kier molecular flexibility index (Phi) is 3.98. The maximum absolute atomic E-state index is 12.4. The molecule has 2 nitrogen and oxygen atoms in total. The third kappa shape index (κ3) is 2.83. The van der Waals surface area contributed by atoms with E-state index in [-0.39, 0.29) is 11.3 Å². The molecule has 0 aromatic heterocycles. The van der Waals surface area contributed by atoms with Crippen LogP contribution in [0, 0.1) is 6.92 Å². The highest BCUT2D eigenvalue weighted by molar-refractivity contribution is 5.94. The molecule has 104 valence electrons. The van der Waals surface area contributed by atoms with Crippen molar-refractivity contribution in [1.82, 2.24) is 4.90 Å². The lowest BCUT2D eigenvalue weighted by atomic mass is 9.79. The van der Waals surface area contributed by atoms with E-state index in [1.165, 1.54) is 11.1 Å². The van der Waals surface area contributed by atoms with E-state index in [1.54, 1.807) is 0 Å². The van der Waals surface area contributed by atoms with Gasteiger partial charge in [-0.3, -0.25) is 4.79 Å². The lowest BCUT2D eigenvalue weighted by molar-refractivity contribution is 0.0792. The van der Waals surface area contributed by atoms with Crippen LogP contribution in [0.1, 0.15) is 61.5 Å². The summed E-state index contributed by atoms with van der Waals surface area (Å²) < 4.78 is 0. The van der Waals surface area contributed by atoms with Gasteiger partial charge < -0.3 is 4.90 Å². The van der Waals surface area contributed by atoms with Crippen LogP contribution in [-0.4, -0.2) is 23.9 Å². The fraction of sp³-hybridized carbons (Fsp3) is 0.588. The molecule has 1 amide bonds. The van der Waals surface area contributed by atoms with Crippen molar-refractivity contribution >= 4 is 5.91 Å². The van der Waals surface area contributed by atoms with Crippen LogP contribution in [0.4, 0.5) is 0 Å². The van der Waals surface area contributed by atoms with Gasteiger partial charge in [-0.1, -0.05) is 26.8 Å². The van der Waals surface area contributed by atoms with E-state index in [4.69, 9.17) is 0 Å². The van der Waals surface area contributed by atoms with Gasteiger partial charge in [-0.2, -0.15) is 0 Å². The average molecular weight is 259 g/mol. The first kappa shape index (κ1) is 14.1. The molecule has 1 aromatic rings. The summed E-state index contributed by atoms with van der Waals surface area (Å²) in [6.45, 7) is 10.7. The van der Waals surface area contributed by atoms with Crippen molar-refractivity contribution in [3.63, 3.8) is 0 Å². The second-order valence-electron chi connectivity index (χ2n) is 6.27. The van der Waals surface area contributed by atoms with Crippen molar-refractivity contribution in [3.8, 4) is 0 Å². The SMILES string of the molecule is CCC(C)(C)c1ccc(C(=O)N2CCCC2)cc1C. The minimum absolute atomic E-state index is 0.180. The molecule has 1 saturated heterocycles. The fourth-order valence-electron chi connectivity index (χ4n) is 2.85. The highest BCUT2D eigenvalue weighted by Gasteiger charge is 2.23. The topological polar surface area (TPSA) is 20.3 Å². The van der Waals surface area contributed by atoms with E-state index in [1.807, 2.05) is 11.0 Å². The predicted octanol–water partition coefficient (Wildman–Crippen LogP) is 3.92. The first-order chi connectivity index (χ1) is 8.95. The largest absolute Gasteiger partial charge is 0.339 e. The Hall–Kier alpha value is -1.31. The van der Waals surface area contributed by atoms with E-state index in [0.717, 1.165) is 37.9 Å². The molecule has 0 bridgehead atoms. The van der Waals surface area contributed by atoms with Crippen LogP contribution in [0.2, 0.25) is 0 Å². The summed E-state index contributed by atoms with van der Waals surface area (Å²) in [7, 11) is 0. The third-order valence-electron chi connectivity index (χ3n) is 4.48. The van der Waals surface area contributed by atoms with Crippen LogP contribution in [0.25, 0.3) is 0 Å². The molecule has 1 aliphatic rings. The van der Waals surface area contributed by atoms with Crippen LogP contribution in [0.3, 0.4) is 0 Å². The van der Waals surface area contributed by atoms with Gasteiger partial charge in [-0.05, 0) is 54.9 Å². The highest BCUT2D eigenvalue weighted by atomic mass is 16.2. The van der Waals surface area contributed by atoms with Gasteiger partial charge in [0, 0.05) is 18.7 Å². The Morgan fingerprint density at radius 3 is 2.42 bits per heavy atom. The number of nitrogens with zero attached hydrogens (tertiary/aromatic N) is 1. The quantitative estimate of drug-likeness (QED) is 0.805. The maximum Gasteiger partial charge on any atom is 0.253 e. The lowest BCUT2D eigenvalue weighted by Crippen LogP contribution is -2.28. The Labute approximate surface area is 116 Å². The van der Waals surface area contributed by atoms with Crippen molar-refractivity contribution in [1.29, 1.82) is 0 Å². The lowest BCUT2D eigenvalue weighted by Gasteiger charge is -2.26. The predicted molar refractivity (Wildman–Crippen MR) is 79.6 cm³/mol. The Morgan fingerprint density at radius 1 is 1.26 bits per heavy atom. The number of carbonyl (C=O) groups excluding carboxylic acids is 1. The molecule has 1 heterocycles. The molecule has 2 rings (SSSR count). The minimum atomic E-state index is 0.180. The van der Waals surface area contributed by atoms with Crippen LogP contribution >= 0.6 is 0 Å². The average Bonchev–Trinajstić information content (AvgIpc) is 2.91. The number of rotatable bonds is 3. The van der Waals surface area contributed by atoms with Gasteiger partial charge in [0.05, 0.1) is 0 Å². The van der Waals surface area contributed by atoms with Gasteiger partial charge in [0.25, 0.3) is 5.91 Å². The molecule has 0 spiro atoms. The van der Waals surface area contributed by atoms with Crippen molar-refractivity contribution in [3.05, 3.63) is 34.9 Å². The zero-order valence-corrected chi connectivity index (χ0v) is 12.6. The first-order valence-electron chi connectivity index (χ1n) is 7.36. The smallest absolute Gasteiger partial charge is 0.253 e. The van der Waals surface area contributed by atoms with Crippen LogP contribution in [0.15, 0.2) is 18.2 Å². The summed E-state index contributed by atoms with van der Waals surface area (Å²) in [6.07, 6.45) is 3.39. The molecule has 0 radical (unpaired) electrons. The Morgan fingerprint density at radius 2 is 1.89 bits per heavy atom. The van der Waals surface area contributed by atoms with E-state index in [9.17, 15) is 4.79 Å². The zero-order chi connectivity index (χ0) is 14.0. The van der Waals surface area contributed by atoms with Gasteiger partial charge in [0.15, 0.2) is 0 Å². The maximum atomic E-state index is 12.4. The molecule has 0 saturated carbocycles. The zero-order valence-electron chi connectivity index (χ0n) is 12.6. The number of hydrogen-bond acceptors (Lipinski definition) is 1. The van der Waals surface area contributed by atoms with Gasteiger partial charge in [0.1, 0.15) is 0 Å². The molecule has 0 aliphatic carbocycles. The van der Waals surface area contributed by atoms with E-state index >= 15 is 0 Å². The van der Waals surface area contributed by atoms with Crippen molar-refractivity contribution in [2.75, 3.05) is 13.1 Å². The molecule has 1 fully saturated rings. The summed E-state index contributed by atoms with van der Waals surface area (Å²) >= 11 is 0. The fourth-order valence-corrected chi connectivity index (χ4v) is 2.85. The summed E-state index contributed by atoms with van der Waals surface area (Å²) in [5.41, 5.74) is 3.61.